The van der Waals surface area contributed by atoms with Crippen LogP contribution < -0.4 is 9.64 Å². The highest BCUT2D eigenvalue weighted by Gasteiger charge is 2.15. The van der Waals surface area contributed by atoms with Gasteiger partial charge in [-0.3, -0.25) is 10.1 Å². The molecule has 1 rings (SSSR count). The molecule has 0 bridgehead atoms. The first-order chi connectivity index (χ1) is 10.4. The van der Waals surface area contributed by atoms with Crippen LogP contribution in [-0.4, -0.2) is 61.4 Å². The largest absolute Gasteiger partial charge is 0.488 e. The Hall–Kier alpha value is -1.86. The van der Waals surface area contributed by atoms with Gasteiger partial charge < -0.3 is 19.6 Å². The Bertz CT molecular complexity index is 490. The average Bonchev–Trinajstić information content (AvgIpc) is 2.49. The van der Waals surface area contributed by atoms with E-state index in [4.69, 9.17) is 4.74 Å². The maximum absolute atomic E-state index is 10.9. The molecule has 0 aromatic heterocycles. The maximum atomic E-state index is 10.9. The van der Waals surface area contributed by atoms with Crippen molar-refractivity contribution < 1.29 is 14.8 Å². The number of ether oxygens (including phenoxy) is 1. The molecule has 1 unspecified atom stereocenters. The van der Waals surface area contributed by atoms with Gasteiger partial charge in [0.05, 0.1) is 16.7 Å². The van der Waals surface area contributed by atoms with E-state index in [1.165, 1.54) is 12.1 Å². The number of likely N-dealkylation sites (N-methyl/N-ethyl adjacent to an activating group) is 1. The van der Waals surface area contributed by atoms with E-state index in [9.17, 15) is 15.2 Å². The first-order valence-corrected chi connectivity index (χ1v) is 7.38. The quantitative estimate of drug-likeness (QED) is 0.553. The van der Waals surface area contributed by atoms with E-state index in [2.05, 4.69) is 4.90 Å². The lowest BCUT2D eigenvalue weighted by atomic mass is 10.2. The Morgan fingerprint density at radius 1 is 1.32 bits per heavy atom. The van der Waals surface area contributed by atoms with Gasteiger partial charge in [-0.15, -0.1) is 0 Å². The fraction of sp³-hybridized carbons (Fsp3) is 0.600. The van der Waals surface area contributed by atoms with E-state index in [1.807, 2.05) is 32.8 Å². The van der Waals surface area contributed by atoms with Crippen molar-refractivity contribution in [3.63, 3.8) is 0 Å². The number of nitro groups is 1. The zero-order valence-electron chi connectivity index (χ0n) is 13.7. The fourth-order valence-corrected chi connectivity index (χ4v) is 2.12. The molecular formula is C15H25N3O4. The smallest absolute Gasteiger partial charge is 0.273 e. The average molecular weight is 311 g/mol. The number of aliphatic hydroxyl groups is 1. The SMILES string of the molecule is CCN(CC)CC(O)COc1cc([N+](=O)[O-])ccc1N(C)C. The van der Waals surface area contributed by atoms with Gasteiger partial charge in [-0.05, 0) is 19.2 Å². The summed E-state index contributed by atoms with van der Waals surface area (Å²) in [6.07, 6.45) is -0.644. The molecule has 1 atom stereocenters. The van der Waals surface area contributed by atoms with Crippen LogP contribution in [0.25, 0.3) is 0 Å². The number of rotatable bonds is 9. The molecule has 124 valence electrons. The lowest BCUT2D eigenvalue weighted by Gasteiger charge is -2.23. The van der Waals surface area contributed by atoms with E-state index in [0.29, 0.717) is 12.3 Å². The molecule has 0 aliphatic rings. The molecule has 22 heavy (non-hydrogen) atoms. The van der Waals surface area contributed by atoms with Crippen molar-refractivity contribution in [3.05, 3.63) is 28.3 Å². The molecule has 0 fully saturated rings. The minimum absolute atomic E-state index is 0.0289. The predicted molar refractivity (Wildman–Crippen MR) is 86.7 cm³/mol. The number of benzene rings is 1. The third-order valence-electron chi connectivity index (χ3n) is 3.43. The van der Waals surface area contributed by atoms with Crippen LogP contribution in [0.2, 0.25) is 0 Å². The first kappa shape index (κ1) is 18.2. The standard InChI is InChI=1S/C15H25N3O4/c1-5-17(6-2)10-13(19)11-22-15-9-12(18(20)21)7-8-14(15)16(3)4/h7-9,13,19H,5-6,10-11H2,1-4H3. The normalized spacial score (nSPS) is 12.3. The Morgan fingerprint density at radius 3 is 2.45 bits per heavy atom. The van der Waals surface area contributed by atoms with Crippen LogP contribution in [0.5, 0.6) is 5.75 Å². The van der Waals surface area contributed by atoms with Crippen LogP contribution in [0.15, 0.2) is 18.2 Å². The summed E-state index contributed by atoms with van der Waals surface area (Å²) in [7, 11) is 3.67. The molecule has 1 aromatic rings. The number of nitro benzene ring substituents is 1. The number of hydrogen-bond acceptors (Lipinski definition) is 6. The third-order valence-corrected chi connectivity index (χ3v) is 3.43. The van der Waals surface area contributed by atoms with Gasteiger partial charge in [0.2, 0.25) is 0 Å². The van der Waals surface area contributed by atoms with Crippen molar-refractivity contribution in [1.82, 2.24) is 4.90 Å². The summed E-state index contributed by atoms with van der Waals surface area (Å²) in [5, 5.41) is 20.9. The molecule has 0 aliphatic heterocycles. The van der Waals surface area contributed by atoms with Crippen LogP contribution in [0.1, 0.15) is 13.8 Å². The number of non-ortho nitro benzene ring substituents is 1. The summed E-state index contributed by atoms with van der Waals surface area (Å²) in [5.74, 6) is 0.401. The molecule has 0 saturated heterocycles. The molecule has 0 saturated carbocycles. The highest BCUT2D eigenvalue weighted by atomic mass is 16.6. The zero-order chi connectivity index (χ0) is 16.7. The fourth-order valence-electron chi connectivity index (χ4n) is 2.12. The summed E-state index contributed by atoms with van der Waals surface area (Å²) in [6.45, 7) is 6.38. The molecule has 0 amide bonds. The van der Waals surface area contributed by atoms with Crippen molar-refractivity contribution >= 4 is 11.4 Å². The summed E-state index contributed by atoms with van der Waals surface area (Å²) >= 11 is 0. The lowest BCUT2D eigenvalue weighted by molar-refractivity contribution is -0.384. The van der Waals surface area contributed by atoms with Gasteiger partial charge in [-0.1, -0.05) is 13.8 Å². The number of aliphatic hydroxyl groups excluding tert-OH is 1. The second-order valence-corrected chi connectivity index (χ2v) is 5.25. The highest BCUT2D eigenvalue weighted by Crippen LogP contribution is 2.31. The second kappa shape index (κ2) is 8.55. The van der Waals surface area contributed by atoms with Gasteiger partial charge in [0.1, 0.15) is 18.5 Å². The topological polar surface area (TPSA) is 79.1 Å². The molecule has 0 spiro atoms. The number of anilines is 1. The lowest BCUT2D eigenvalue weighted by Crippen LogP contribution is -2.35. The highest BCUT2D eigenvalue weighted by molar-refractivity contribution is 5.61. The number of nitrogens with zero attached hydrogens (tertiary/aromatic N) is 3. The molecule has 1 N–H and O–H groups in total. The van der Waals surface area contributed by atoms with E-state index >= 15 is 0 Å². The molecular weight excluding hydrogens is 286 g/mol. The maximum Gasteiger partial charge on any atom is 0.273 e. The van der Waals surface area contributed by atoms with Gasteiger partial charge in [0.25, 0.3) is 5.69 Å². The summed E-state index contributed by atoms with van der Waals surface area (Å²) < 4.78 is 5.62. The van der Waals surface area contributed by atoms with Crippen LogP contribution in [-0.2, 0) is 0 Å². The predicted octanol–water partition coefficient (Wildman–Crippen LogP) is 1.74. The Kier molecular flexibility index (Phi) is 7.07. The van der Waals surface area contributed by atoms with Crippen molar-refractivity contribution in [2.45, 2.75) is 20.0 Å². The van der Waals surface area contributed by atoms with Gasteiger partial charge in [0.15, 0.2) is 0 Å². The van der Waals surface area contributed by atoms with E-state index < -0.39 is 11.0 Å². The summed E-state index contributed by atoms with van der Waals surface area (Å²) in [6, 6.07) is 4.47. The molecule has 0 aliphatic carbocycles. The Labute approximate surface area is 131 Å². The minimum Gasteiger partial charge on any atom is -0.488 e. The summed E-state index contributed by atoms with van der Waals surface area (Å²) in [5.41, 5.74) is 0.708. The zero-order valence-corrected chi connectivity index (χ0v) is 13.7. The van der Waals surface area contributed by atoms with E-state index in [0.717, 1.165) is 18.8 Å². The molecule has 0 heterocycles. The number of hydrogen-bond donors (Lipinski definition) is 1. The summed E-state index contributed by atoms with van der Waals surface area (Å²) in [4.78, 5) is 14.3. The Morgan fingerprint density at radius 2 is 1.95 bits per heavy atom. The van der Waals surface area contributed by atoms with Gasteiger partial charge in [-0.25, -0.2) is 0 Å². The second-order valence-electron chi connectivity index (χ2n) is 5.25. The Balaban J connectivity index is 2.78. The minimum atomic E-state index is -0.644. The van der Waals surface area contributed by atoms with Crippen molar-refractivity contribution in [1.29, 1.82) is 0 Å². The van der Waals surface area contributed by atoms with Crippen molar-refractivity contribution in [2.75, 3.05) is 45.2 Å². The van der Waals surface area contributed by atoms with E-state index in [1.54, 1.807) is 6.07 Å². The van der Waals surface area contributed by atoms with Gasteiger partial charge >= 0.3 is 0 Å². The van der Waals surface area contributed by atoms with Crippen molar-refractivity contribution in [3.8, 4) is 5.75 Å². The van der Waals surface area contributed by atoms with Gasteiger partial charge in [-0.2, -0.15) is 0 Å². The van der Waals surface area contributed by atoms with Crippen LogP contribution in [0.3, 0.4) is 0 Å². The van der Waals surface area contributed by atoms with Crippen LogP contribution in [0, 0.1) is 10.1 Å². The molecule has 7 nitrogen and oxygen atoms in total. The van der Waals surface area contributed by atoms with Crippen molar-refractivity contribution in [2.24, 2.45) is 0 Å². The van der Waals surface area contributed by atoms with Crippen LogP contribution >= 0.6 is 0 Å². The molecule has 1 aromatic carbocycles. The van der Waals surface area contributed by atoms with E-state index in [-0.39, 0.29) is 12.3 Å². The van der Waals surface area contributed by atoms with Crippen LogP contribution in [0.4, 0.5) is 11.4 Å². The molecule has 7 heteroatoms. The third kappa shape index (κ3) is 5.16. The molecule has 0 radical (unpaired) electrons. The van der Waals surface area contributed by atoms with Gasteiger partial charge in [0, 0.05) is 26.7 Å². The monoisotopic (exact) mass is 311 g/mol. The first-order valence-electron chi connectivity index (χ1n) is 7.38.